The fourth-order valence-electron chi connectivity index (χ4n) is 7.42. The van der Waals surface area contributed by atoms with Crippen molar-refractivity contribution in [2.75, 3.05) is 19.0 Å². The Kier molecular flexibility index (Phi) is 10.3. The molecule has 0 radical (unpaired) electrons. The van der Waals surface area contributed by atoms with Crippen LogP contribution in [0.25, 0.3) is 11.4 Å². The summed E-state index contributed by atoms with van der Waals surface area (Å²) < 4.78 is 67.0. The number of rotatable bonds is 7. The van der Waals surface area contributed by atoms with Crippen molar-refractivity contribution in [3.8, 4) is 17.1 Å². The number of benzene rings is 1. The number of sulfonamides is 1. The summed E-state index contributed by atoms with van der Waals surface area (Å²) in [6, 6.07) is 2.62. The molecule has 7 rings (SSSR count). The van der Waals surface area contributed by atoms with Gasteiger partial charge in [0.15, 0.2) is 0 Å². The Hall–Kier alpha value is -4.75. The summed E-state index contributed by atoms with van der Waals surface area (Å²) in [6.07, 6.45) is 1.99. The number of ether oxygens (including phenoxy) is 1. The smallest absolute Gasteiger partial charge is 0.316 e. The Morgan fingerprint density at radius 2 is 1.84 bits per heavy atom. The molecular weight excluding hydrogens is 743 g/mol. The highest BCUT2D eigenvalue weighted by Gasteiger charge is 2.67. The summed E-state index contributed by atoms with van der Waals surface area (Å²) >= 11 is 0. The van der Waals surface area contributed by atoms with Crippen LogP contribution < -0.4 is 20.1 Å². The molecule has 1 saturated heterocycles. The van der Waals surface area contributed by atoms with Gasteiger partial charge in [0.2, 0.25) is 40.0 Å². The number of methoxy groups -OCH3 is 1. The summed E-state index contributed by atoms with van der Waals surface area (Å²) in [7, 11) is -2.50. The number of nitrogens with zero attached hydrogens (tertiary/aromatic N) is 7. The maximum atomic E-state index is 14.6. The lowest BCUT2D eigenvalue weighted by atomic mass is 9.85. The van der Waals surface area contributed by atoms with E-state index in [1.54, 1.807) is 7.11 Å². The minimum Gasteiger partial charge on any atom is -0.496 e. The van der Waals surface area contributed by atoms with Crippen molar-refractivity contribution in [1.82, 2.24) is 45.3 Å². The molecule has 3 amide bonds. The number of halogens is 2. The Balaban J connectivity index is 1.23. The molecule has 0 unspecified atom stereocenters. The lowest BCUT2D eigenvalue weighted by Gasteiger charge is -2.35. The van der Waals surface area contributed by atoms with E-state index in [2.05, 4.69) is 36.2 Å². The summed E-state index contributed by atoms with van der Waals surface area (Å²) in [6.45, 7) is 5.36. The van der Waals surface area contributed by atoms with Gasteiger partial charge in [-0.15, -0.1) is 15.3 Å². The van der Waals surface area contributed by atoms with Crippen molar-refractivity contribution in [3.63, 3.8) is 0 Å². The molecule has 5 atom stereocenters. The first-order valence-corrected chi connectivity index (χ1v) is 20.2. The molecule has 8 bridgehead atoms. The van der Waals surface area contributed by atoms with Gasteiger partial charge in [0.25, 0.3) is 5.91 Å². The summed E-state index contributed by atoms with van der Waals surface area (Å²) in [4.78, 5) is 44.9. The van der Waals surface area contributed by atoms with Crippen LogP contribution >= 0.6 is 0 Å². The molecule has 20 heteroatoms. The van der Waals surface area contributed by atoms with Gasteiger partial charge < -0.3 is 24.7 Å². The molecule has 17 nitrogen and oxygen atoms in total. The van der Waals surface area contributed by atoms with Crippen LogP contribution in [0.4, 0.5) is 14.8 Å². The minimum absolute atomic E-state index is 0.0186. The van der Waals surface area contributed by atoms with Gasteiger partial charge in [-0.3, -0.25) is 19.1 Å². The average molecular weight is 789 g/mol. The quantitative estimate of drug-likeness (QED) is 0.314. The Labute approximate surface area is 316 Å². The molecule has 55 heavy (non-hydrogen) atoms. The number of amides is 3. The molecular formula is C35H46F2N10O7S. The molecule has 298 valence electrons. The number of carbonyl (C=O) groups excluding carboxylic acids is 3. The molecule has 2 saturated carbocycles. The number of anilines is 1. The zero-order valence-corrected chi connectivity index (χ0v) is 31.9. The van der Waals surface area contributed by atoms with Crippen molar-refractivity contribution in [3.05, 3.63) is 29.7 Å². The number of hydrogen-bond donors (Lipinski definition) is 3. The second kappa shape index (κ2) is 14.7. The monoisotopic (exact) mass is 788 g/mol. The molecule has 4 aliphatic rings. The highest BCUT2D eigenvalue weighted by atomic mass is 32.2. The summed E-state index contributed by atoms with van der Waals surface area (Å²) in [5, 5.41) is 26.2. The number of hydrogen-bond acceptors (Lipinski definition) is 13. The zero-order valence-electron chi connectivity index (χ0n) is 31.1. The molecule has 2 aliphatic heterocycles. The van der Waals surface area contributed by atoms with Gasteiger partial charge in [0.1, 0.15) is 23.4 Å². The molecule has 3 aromatic rings. The third-order valence-corrected chi connectivity index (χ3v) is 12.7. The van der Waals surface area contributed by atoms with E-state index in [0.717, 1.165) is 43.4 Å². The standard InChI is InChI=1S/C35H46F2N10O7S/c1-34(2,3)27-31(49)46-18-21(16-24(46)30(48)39-35(17-23(35)28(36)37)32(50)44-55(51,52)22-12-13-22)47-43-29(41-45-47)20-11-14-25(53-4)19(15-20)9-7-5-6-8-10-26-40-42-33(38-27)54-26/h11,14-15,21-24,27-28H,5-10,12-13,16-18H2,1-4H3,(H,38,42)(H,39,48)(H,44,50)/t21-,23+,24+,27-,35-/m1/s1. The first kappa shape index (κ1) is 38.5. The first-order chi connectivity index (χ1) is 26.1. The Bertz CT molecular complexity index is 2050. The van der Waals surface area contributed by atoms with Gasteiger partial charge >= 0.3 is 6.01 Å². The van der Waals surface area contributed by atoms with Gasteiger partial charge in [0.05, 0.1) is 24.3 Å². The van der Waals surface area contributed by atoms with Crippen LogP contribution in [0.5, 0.6) is 5.75 Å². The fourth-order valence-corrected chi connectivity index (χ4v) is 8.78. The number of aromatic nitrogens is 6. The van der Waals surface area contributed by atoms with Gasteiger partial charge in [-0.2, -0.15) is 4.80 Å². The zero-order chi connectivity index (χ0) is 39.3. The highest BCUT2D eigenvalue weighted by molar-refractivity contribution is 7.91. The number of aryl methyl sites for hydroxylation is 2. The lowest BCUT2D eigenvalue weighted by Crippen LogP contribution is -2.59. The number of tetrazole rings is 1. The maximum Gasteiger partial charge on any atom is 0.316 e. The third-order valence-electron chi connectivity index (χ3n) is 10.9. The van der Waals surface area contributed by atoms with Crippen LogP contribution in [0, 0.1) is 11.3 Å². The van der Waals surface area contributed by atoms with Crippen molar-refractivity contribution in [2.45, 2.75) is 120 Å². The van der Waals surface area contributed by atoms with Crippen LogP contribution in [0.3, 0.4) is 0 Å². The van der Waals surface area contributed by atoms with E-state index < -0.39 is 80.8 Å². The first-order valence-electron chi connectivity index (χ1n) is 18.6. The largest absolute Gasteiger partial charge is 0.496 e. The summed E-state index contributed by atoms with van der Waals surface area (Å²) in [5.74, 6) is -2.86. The highest BCUT2D eigenvalue weighted by Crippen LogP contribution is 2.48. The molecule has 2 aromatic heterocycles. The van der Waals surface area contributed by atoms with E-state index in [9.17, 15) is 31.6 Å². The number of alkyl halides is 2. The summed E-state index contributed by atoms with van der Waals surface area (Å²) in [5.41, 5.74) is -1.30. The van der Waals surface area contributed by atoms with Crippen molar-refractivity contribution >= 4 is 33.8 Å². The topological polar surface area (TPSA) is 216 Å². The van der Waals surface area contributed by atoms with Crippen LogP contribution in [-0.4, -0.2) is 104 Å². The van der Waals surface area contributed by atoms with E-state index >= 15 is 0 Å². The molecule has 2 aliphatic carbocycles. The predicted molar refractivity (Wildman–Crippen MR) is 191 cm³/mol. The molecule has 3 N–H and O–H groups in total. The minimum atomic E-state index is -4.11. The number of nitrogens with one attached hydrogen (secondary N) is 3. The van der Waals surface area contributed by atoms with Crippen LogP contribution in [0.1, 0.15) is 89.6 Å². The van der Waals surface area contributed by atoms with Crippen LogP contribution in [0.2, 0.25) is 0 Å². The second-order valence-electron chi connectivity index (χ2n) is 16.0. The van der Waals surface area contributed by atoms with Crippen molar-refractivity contribution in [1.29, 1.82) is 0 Å². The number of carbonyl (C=O) groups is 3. The lowest BCUT2D eigenvalue weighted by molar-refractivity contribution is -0.141. The van der Waals surface area contributed by atoms with Crippen LogP contribution in [0.15, 0.2) is 22.6 Å². The maximum absolute atomic E-state index is 14.6. The SMILES string of the molecule is COc1ccc2cc1CCCCCCc1nnc(o1)N[C@@H](C(C)(C)C)C(=O)N1C[C@@H](C[C@H]1C(=O)N[C@]1(C(=O)NS(=O)(=O)C3CC3)C[C@H]1C(F)F)n1nnc-2n1. The van der Waals surface area contributed by atoms with E-state index in [4.69, 9.17) is 9.15 Å². The van der Waals surface area contributed by atoms with E-state index in [1.165, 1.54) is 9.70 Å². The predicted octanol–water partition coefficient (Wildman–Crippen LogP) is 2.81. The van der Waals surface area contributed by atoms with Gasteiger partial charge in [-0.25, -0.2) is 17.2 Å². The van der Waals surface area contributed by atoms with Crippen LogP contribution in [-0.2, 0) is 37.2 Å². The molecule has 0 spiro atoms. The van der Waals surface area contributed by atoms with Crippen molar-refractivity contribution < 1.29 is 40.7 Å². The Morgan fingerprint density at radius 3 is 2.51 bits per heavy atom. The van der Waals surface area contributed by atoms with Gasteiger partial charge in [0, 0.05) is 24.9 Å². The van der Waals surface area contributed by atoms with Gasteiger partial charge in [-0.1, -0.05) is 38.7 Å². The molecule has 4 heterocycles. The number of fused-ring (bicyclic) bond motifs is 10. The van der Waals surface area contributed by atoms with Gasteiger partial charge in [-0.05, 0) is 72.9 Å². The van der Waals surface area contributed by atoms with E-state index in [0.29, 0.717) is 36.5 Å². The molecule has 3 fully saturated rings. The third kappa shape index (κ3) is 8.00. The van der Waals surface area contributed by atoms with E-state index in [1.807, 2.05) is 43.7 Å². The fraction of sp³-hybridized carbons (Fsp3) is 0.657. The molecule has 1 aromatic carbocycles. The van der Waals surface area contributed by atoms with Crippen molar-refractivity contribution in [2.24, 2.45) is 11.3 Å². The second-order valence-corrected chi connectivity index (χ2v) is 18.0. The van der Waals surface area contributed by atoms with E-state index in [-0.39, 0.29) is 19.0 Å². The average Bonchev–Trinajstić information content (AvgIpc) is 3.94. The normalized spacial score (nSPS) is 26.2. The Morgan fingerprint density at radius 1 is 1.09 bits per heavy atom.